The van der Waals surface area contributed by atoms with Crippen molar-refractivity contribution < 1.29 is 10.2 Å². The Morgan fingerprint density at radius 3 is 2.33 bits per heavy atom. The number of rotatable bonds is 3. The van der Waals surface area contributed by atoms with Crippen molar-refractivity contribution in [2.45, 2.75) is 20.8 Å². The molecule has 0 fully saturated rings. The van der Waals surface area contributed by atoms with E-state index in [0.29, 0.717) is 27.7 Å². The fourth-order valence-electron chi connectivity index (χ4n) is 3.64. The molecule has 3 aromatic carbocycles. The molecule has 0 bridgehead atoms. The average Bonchev–Trinajstić information content (AvgIpc) is 2.72. The van der Waals surface area contributed by atoms with Crippen molar-refractivity contribution >= 4 is 22.7 Å². The van der Waals surface area contributed by atoms with Crippen LogP contribution in [-0.2, 0) is 0 Å². The molecule has 0 aliphatic heterocycles. The van der Waals surface area contributed by atoms with Crippen molar-refractivity contribution in [2.24, 2.45) is 4.99 Å². The molecule has 30 heavy (non-hydrogen) atoms. The molecule has 4 rings (SSSR count). The van der Waals surface area contributed by atoms with Gasteiger partial charge in [0.15, 0.2) is 0 Å². The molecule has 5 heteroatoms. The number of phenolic OH excluding ortho intramolecular Hbond substituents is 1. The Bertz CT molecular complexity index is 1370. The SMILES string of the molecule is Cc1ccc(-n2c(O)c(C=Nc3cc(O)ccc3C)c3ccccc3c2=O)c(C)c1. The van der Waals surface area contributed by atoms with Gasteiger partial charge in [-0.2, -0.15) is 0 Å². The number of hydrogen-bond donors (Lipinski definition) is 2. The van der Waals surface area contributed by atoms with E-state index in [4.69, 9.17) is 0 Å². The van der Waals surface area contributed by atoms with Crippen molar-refractivity contribution in [1.29, 1.82) is 0 Å². The van der Waals surface area contributed by atoms with Gasteiger partial charge in [0.1, 0.15) is 5.75 Å². The highest BCUT2D eigenvalue weighted by molar-refractivity contribution is 6.02. The molecule has 0 amide bonds. The van der Waals surface area contributed by atoms with Crippen LogP contribution in [0.25, 0.3) is 16.5 Å². The van der Waals surface area contributed by atoms with Crippen molar-refractivity contribution in [3.63, 3.8) is 0 Å². The first-order valence-corrected chi connectivity index (χ1v) is 9.65. The topological polar surface area (TPSA) is 74.8 Å². The fourth-order valence-corrected chi connectivity index (χ4v) is 3.64. The molecule has 0 aliphatic carbocycles. The first-order valence-electron chi connectivity index (χ1n) is 9.65. The first kappa shape index (κ1) is 19.5. The van der Waals surface area contributed by atoms with Crippen LogP contribution in [-0.4, -0.2) is 21.0 Å². The maximum atomic E-state index is 13.2. The van der Waals surface area contributed by atoms with Gasteiger partial charge >= 0.3 is 0 Å². The molecule has 5 nitrogen and oxygen atoms in total. The number of aryl methyl sites for hydroxylation is 3. The van der Waals surface area contributed by atoms with Crippen LogP contribution in [0, 0.1) is 20.8 Å². The normalized spacial score (nSPS) is 11.4. The van der Waals surface area contributed by atoms with E-state index in [1.807, 2.05) is 45.0 Å². The van der Waals surface area contributed by atoms with Gasteiger partial charge in [-0.25, -0.2) is 4.57 Å². The monoisotopic (exact) mass is 398 g/mol. The van der Waals surface area contributed by atoms with E-state index in [2.05, 4.69) is 4.99 Å². The number of fused-ring (bicyclic) bond motifs is 1. The van der Waals surface area contributed by atoms with E-state index >= 15 is 0 Å². The van der Waals surface area contributed by atoms with Gasteiger partial charge in [-0.15, -0.1) is 0 Å². The van der Waals surface area contributed by atoms with E-state index in [-0.39, 0.29) is 17.2 Å². The van der Waals surface area contributed by atoms with Crippen LogP contribution < -0.4 is 5.56 Å². The summed E-state index contributed by atoms with van der Waals surface area (Å²) in [6.07, 6.45) is 1.54. The van der Waals surface area contributed by atoms with Crippen molar-refractivity contribution in [2.75, 3.05) is 0 Å². The molecule has 0 saturated carbocycles. The number of aromatic nitrogens is 1. The highest BCUT2D eigenvalue weighted by atomic mass is 16.3. The van der Waals surface area contributed by atoms with Crippen molar-refractivity contribution in [1.82, 2.24) is 4.57 Å². The van der Waals surface area contributed by atoms with E-state index in [9.17, 15) is 15.0 Å². The van der Waals surface area contributed by atoms with E-state index in [1.54, 1.807) is 42.6 Å². The first-order chi connectivity index (χ1) is 14.4. The smallest absolute Gasteiger partial charge is 0.265 e. The molecule has 1 aromatic heterocycles. The predicted octanol–water partition coefficient (Wildman–Crippen LogP) is 5.08. The summed E-state index contributed by atoms with van der Waals surface area (Å²) in [7, 11) is 0. The van der Waals surface area contributed by atoms with Crippen LogP contribution in [0.2, 0.25) is 0 Å². The van der Waals surface area contributed by atoms with Crippen LogP contribution >= 0.6 is 0 Å². The lowest BCUT2D eigenvalue weighted by Crippen LogP contribution is -2.21. The minimum Gasteiger partial charge on any atom is -0.508 e. The van der Waals surface area contributed by atoms with Crippen LogP contribution in [0.15, 0.2) is 70.5 Å². The molecule has 4 aromatic rings. The summed E-state index contributed by atoms with van der Waals surface area (Å²) in [6, 6.07) is 17.8. The Kier molecular flexibility index (Phi) is 4.88. The maximum absolute atomic E-state index is 13.2. The fraction of sp³-hybridized carbons (Fsp3) is 0.120. The van der Waals surface area contributed by atoms with Gasteiger partial charge in [0.25, 0.3) is 5.56 Å². The third kappa shape index (κ3) is 3.35. The number of phenols is 1. The zero-order chi connectivity index (χ0) is 21.4. The van der Waals surface area contributed by atoms with Crippen molar-refractivity contribution in [3.05, 3.63) is 93.3 Å². The second-order valence-corrected chi connectivity index (χ2v) is 7.44. The number of hydrogen-bond acceptors (Lipinski definition) is 4. The van der Waals surface area contributed by atoms with Gasteiger partial charge in [-0.05, 0) is 50.1 Å². The van der Waals surface area contributed by atoms with Gasteiger partial charge in [-0.3, -0.25) is 9.79 Å². The molecule has 0 radical (unpaired) electrons. The lowest BCUT2D eigenvalue weighted by molar-refractivity contribution is 0.436. The molecule has 1 heterocycles. The van der Waals surface area contributed by atoms with Crippen molar-refractivity contribution in [3.8, 4) is 17.3 Å². The maximum Gasteiger partial charge on any atom is 0.265 e. The van der Waals surface area contributed by atoms with Crippen LogP contribution in [0.4, 0.5) is 5.69 Å². The van der Waals surface area contributed by atoms with Gasteiger partial charge < -0.3 is 10.2 Å². The number of aromatic hydroxyl groups is 2. The number of pyridine rings is 1. The standard InChI is InChI=1S/C25H22N2O3/c1-15-8-11-23(17(3)12-15)27-24(29)20-7-5-4-6-19(20)21(25(27)30)14-26-22-13-18(28)10-9-16(22)2/h4-14,28,30H,1-3H3. The Morgan fingerprint density at radius 2 is 1.60 bits per heavy atom. The van der Waals surface area contributed by atoms with Crippen LogP contribution in [0.1, 0.15) is 22.3 Å². The molecule has 0 spiro atoms. The highest BCUT2D eigenvalue weighted by Gasteiger charge is 2.17. The molecule has 0 aliphatic rings. The molecular formula is C25H22N2O3. The Hall–Kier alpha value is -3.86. The third-order valence-electron chi connectivity index (χ3n) is 5.22. The second kappa shape index (κ2) is 7.52. The zero-order valence-corrected chi connectivity index (χ0v) is 17.0. The van der Waals surface area contributed by atoms with Gasteiger partial charge in [0.2, 0.25) is 5.88 Å². The molecule has 2 N–H and O–H groups in total. The van der Waals surface area contributed by atoms with Gasteiger partial charge in [0.05, 0.1) is 16.9 Å². The van der Waals surface area contributed by atoms with E-state index in [0.717, 1.165) is 16.7 Å². The summed E-state index contributed by atoms with van der Waals surface area (Å²) < 4.78 is 1.33. The summed E-state index contributed by atoms with van der Waals surface area (Å²) in [6.45, 7) is 5.78. The number of aliphatic imine (C=N–C) groups is 1. The average molecular weight is 398 g/mol. The van der Waals surface area contributed by atoms with E-state index in [1.165, 1.54) is 4.57 Å². The summed E-state index contributed by atoms with van der Waals surface area (Å²) in [4.78, 5) is 17.7. The molecule has 0 unspecified atom stereocenters. The largest absolute Gasteiger partial charge is 0.508 e. The number of benzene rings is 3. The zero-order valence-electron chi connectivity index (χ0n) is 17.0. The molecule has 0 saturated heterocycles. The Labute approximate surface area is 174 Å². The summed E-state index contributed by atoms with van der Waals surface area (Å²) in [5.74, 6) is -0.0608. The molecule has 0 atom stereocenters. The quantitative estimate of drug-likeness (QED) is 0.473. The minimum absolute atomic E-state index is 0.113. The minimum atomic E-state index is -0.291. The van der Waals surface area contributed by atoms with Gasteiger partial charge in [-0.1, -0.05) is 42.0 Å². The molecular weight excluding hydrogens is 376 g/mol. The highest BCUT2D eigenvalue weighted by Crippen LogP contribution is 2.29. The van der Waals surface area contributed by atoms with Crippen LogP contribution in [0.5, 0.6) is 11.6 Å². The number of nitrogens with zero attached hydrogens (tertiary/aromatic N) is 2. The third-order valence-corrected chi connectivity index (χ3v) is 5.22. The lowest BCUT2D eigenvalue weighted by atomic mass is 10.1. The summed E-state index contributed by atoms with van der Waals surface area (Å²) in [5, 5.41) is 22.0. The summed E-state index contributed by atoms with van der Waals surface area (Å²) in [5.41, 5.74) is 4.20. The van der Waals surface area contributed by atoms with Crippen LogP contribution in [0.3, 0.4) is 0 Å². The predicted molar refractivity (Wildman–Crippen MR) is 121 cm³/mol. The second-order valence-electron chi connectivity index (χ2n) is 7.44. The lowest BCUT2D eigenvalue weighted by Gasteiger charge is -2.16. The van der Waals surface area contributed by atoms with Gasteiger partial charge in [0, 0.05) is 23.1 Å². The molecule has 150 valence electrons. The van der Waals surface area contributed by atoms with E-state index < -0.39 is 0 Å². The Morgan fingerprint density at radius 1 is 0.867 bits per heavy atom. The summed E-state index contributed by atoms with van der Waals surface area (Å²) >= 11 is 0. The Balaban J connectivity index is 2.01.